The topological polar surface area (TPSA) is 103 Å². The van der Waals surface area contributed by atoms with Crippen molar-refractivity contribution in [2.45, 2.75) is 31.7 Å². The lowest BCUT2D eigenvalue weighted by atomic mass is 10.1. The van der Waals surface area contributed by atoms with Gasteiger partial charge in [0.25, 0.3) is 0 Å². The highest BCUT2D eigenvalue weighted by molar-refractivity contribution is 7.98. The number of hydrogen-bond acceptors (Lipinski definition) is 7. The molecule has 1 N–H and O–H groups in total. The third-order valence-electron chi connectivity index (χ3n) is 4.53. The van der Waals surface area contributed by atoms with Crippen molar-refractivity contribution in [2.24, 2.45) is 0 Å². The smallest absolute Gasteiger partial charge is 0.336 e. The van der Waals surface area contributed by atoms with Crippen molar-refractivity contribution < 1.29 is 9.21 Å². The molecular weight excluding hydrogens is 402 g/mol. The first-order valence-corrected chi connectivity index (χ1v) is 10.2. The lowest BCUT2D eigenvalue weighted by Gasteiger charge is -2.09. The molecule has 4 aromatic rings. The Hall–Kier alpha value is -3.46. The minimum Gasteiger partial charge on any atom is -0.423 e. The van der Waals surface area contributed by atoms with Crippen LogP contribution in [0.25, 0.3) is 16.7 Å². The number of nitrogens with zero attached hydrogens (tertiary/aromatic N) is 4. The number of hydrogen-bond donors (Lipinski definition) is 1. The Labute approximate surface area is 176 Å². The van der Waals surface area contributed by atoms with E-state index in [1.54, 1.807) is 16.8 Å². The molecule has 0 aliphatic heterocycles. The van der Waals surface area contributed by atoms with Gasteiger partial charge in [0, 0.05) is 35.9 Å². The van der Waals surface area contributed by atoms with Crippen LogP contribution in [0.1, 0.15) is 23.6 Å². The Morgan fingerprint density at radius 1 is 1.17 bits per heavy atom. The zero-order chi connectivity index (χ0) is 21.3. The molecule has 0 saturated heterocycles. The fourth-order valence-electron chi connectivity index (χ4n) is 3.24. The van der Waals surface area contributed by atoms with Crippen molar-refractivity contribution in [3.05, 3.63) is 69.6 Å². The third kappa shape index (κ3) is 4.11. The molecule has 2 aromatic carbocycles. The summed E-state index contributed by atoms with van der Waals surface area (Å²) in [6, 6.07) is 12.8. The number of tetrazole rings is 1. The number of thioether (sulfide) groups is 1. The maximum atomic E-state index is 12.1. The Balaban J connectivity index is 1.64. The van der Waals surface area contributed by atoms with Crippen molar-refractivity contribution in [3.63, 3.8) is 0 Å². The molecular formula is C21H19N5O3S. The quantitative estimate of drug-likeness (QED) is 0.388. The Kier molecular flexibility index (Phi) is 5.37. The molecule has 0 radical (unpaired) electrons. The van der Waals surface area contributed by atoms with Gasteiger partial charge in [-0.15, -0.1) is 5.10 Å². The first kappa shape index (κ1) is 19.8. The zero-order valence-corrected chi connectivity index (χ0v) is 17.5. The van der Waals surface area contributed by atoms with Gasteiger partial charge >= 0.3 is 5.63 Å². The summed E-state index contributed by atoms with van der Waals surface area (Å²) < 4.78 is 7.02. The van der Waals surface area contributed by atoms with Crippen molar-refractivity contribution >= 4 is 34.3 Å². The second-order valence-corrected chi connectivity index (χ2v) is 7.88. The van der Waals surface area contributed by atoms with Crippen LogP contribution in [0.3, 0.4) is 0 Å². The molecule has 0 saturated carbocycles. The number of amides is 1. The molecule has 0 bridgehead atoms. The number of anilines is 1. The number of benzene rings is 2. The van der Waals surface area contributed by atoms with Crippen LogP contribution >= 0.6 is 11.8 Å². The molecule has 152 valence electrons. The highest BCUT2D eigenvalue weighted by Crippen LogP contribution is 2.28. The predicted molar refractivity (Wildman–Crippen MR) is 115 cm³/mol. The van der Waals surface area contributed by atoms with Gasteiger partial charge in [0.05, 0.1) is 5.69 Å². The zero-order valence-electron chi connectivity index (χ0n) is 16.7. The number of nitrogens with one attached hydrogen (secondary N) is 1. The van der Waals surface area contributed by atoms with Crippen LogP contribution in [0.5, 0.6) is 0 Å². The number of aryl methyl sites for hydroxylation is 2. The van der Waals surface area contributed by atoms with Crippen LogP contribution in [-0.4, -0.2) is 26.1 Å². The molecule has 0 atom stereocenters. The minimum absolute atomic E-state index is 0.193. The second-order valence-electron chi connectivity index (χ2n) is 6.93. The van der Waals surface area contributed by atoms with E-state index in [9.17, 15) is 9.59 Å². The number of carbonyl (C=O) groups excluding carboxylic acids is 1. The molecule has 2 aromatic heterocycles. The van der Waals surface area contributed by atoms with E-state index in [2.05, 4.69) is 26.9 Å². The van der Waals surface area contributed by atoms with Crippen LogP contribution in [0, 0.1) is 13.8 Å². The number of aromatic nitrogens is 4. The van der Waals surface area contributed by atoms with Gasteiger partial charge in [-0.3, -0.25) is 4.79 Å². The maximum Gasteiger partial charge on any atom is 0.336 e. The van der Waals surface area contributed by atoms with Gasteiger partial charge in [0.2, 0.25) is 11.1 Å². The SMILES string of the molecule is CC(=O)Nc1ccc2c(CSc3nnnn3-c3ccc(C)cc3C)cc(=O)oc2c1. The highest BCUT2D eigenvalue weighted by Gasteiger charge is 2.14. The molecule has 2 heterocycles. The van der Waals surface area contributed by atoms with Gasteiger partial charge in [-0.25, -0.2) is 4.79 Å². The summed E-state index contributed by atoms with van der Waals surface area (Å²) in [5, 5.41) is 16.2. The lowest BCUT2D eigenvalue weighted by molar-refractivity contribution is -0.114. The van der Waals surface area contributed by atoms with E-state index in [4.69, 9.17) is 4.42 Å². The summed E-state index contributed by atoms with van der Waals surface area (Å²) in [5.41, 5.74) is 4.48. The normalized spacial score (nSPS) is 11.0. The third-order valence-corrected chi connectivity index (χ3v) is 5.50. The van der Waals surface area contributed by atoms with Crippen LogP contribution in [0.2, 0.25) is 0 Å². The van der Waals surface area contributed by atoms with Crippen LogP contribution in [0.15, 0.2) is 56.8 Å². The minimum atomic E-state index is -0.452. The number of fused-ring (bicyclic) bond motifs is 1. The Morgan fingerprint density at radius 2 is 2.00 bits per heavy atom. The monoisotopic (exact) mass is 421 g/mol. The standard InChI is InChI=1S/C21H19N5O3S/c1-12-4-7-18(13(2)8-12)26-21(23-24-25-26)30-11-15-9-20(28)29-19-10-16(22-14(3)27)5-6-17(15)19/h4-10H,11H2,1-3H3,(H,22,27). The first-order chi connectivity index (χ1) is 14.4. The summed E-state index contributed by atoms with van der Waals surface area (Å²) in [4.78, 5) is 23.3. The van der Waals surface area contributed by atoms with Crippen LogP contribution in [-0.2, 0) is 10.5 Å². The van der Waals surface area contributed by atoms with Crippen LogP contribution in [0.4, 0.5) is 5.69 Å². The van der Waals surface area contributed by atoms with E-state index >= 15 is 0 Å². The van der Waals surface area contributed by atoms with Crippen molar-refractivity contribution in [1.82, 2.24) is 20.2 Å². The summed E-state index contributed by atoms with van der Waals surface area (Å²) in [5.74, 6) is 0.286. The summed E-state index contributed by atoms with van der Waals surface area (Å²) in [7, 11) is 0. The van der Waals surface area contributed by atoms with E-state index in [0.717, 1.165) is 22.2 Å². The highest BCUT2D eigenvalue weighted by atomic mass is 32.2. The number of rotatable bonds is 5. The van der Waals surface area contributed by atoms with E-state index in [1.807, 2.05) is 32.0 Å². The summed E-state index contributed by atoms with van der Waals surface area (Å²) in [6.45, 7) is 5.48. The van der Waals surface area contributed by atoms with Crippen molar-refractivity contribution in [1.29, 1.82) is 0 Å². The molecule has 0 aliphatic carbocycles. The van der Waals surface area contributed by atoms with E-state index < -0.39 is 5.63 Å². The fourth-order valence-corrected chi connectivity index (χ4v) is 4.11. The summed E-state index contributed by atoms with van der Waals surface area (Å²) in [6.07, 6.45) is 0. The molecule has 8 nitrogen and oxygen atoms in total. The molecule has 9 heteroatoms. The Bertz CT molecular complexity index is 1310. The fraction of sp³-hybridized carbons (Fsp3) is 0.190. The lowest BCUT2D eigenvalue weighted by Crippen LogP contribution is -2.06. The van der Waals surface area contributed by atoms with Gasteiger partial charge in [-0.1, -0.05) is 29.5 Å². The molecule has 0 aliphatic rings. The van der Waals surface area contributed by atoms with E-state index in [0.29, 0.717) is 22.2 Å². The maximum absolute atomic E-state index is 12.1. The van der Waals surface area contributed by atoms with E-state index in [1.165, 1.54) is 30.3 Å². The van der Waals surface area contributed by atoms with Crippen molar-refractivity contribution in [3.8, 4) is 5.69 Å². The molecule has 0 unspecified atom stereocenters. The molecule has 1 amide bonds. The average Bonchev–Trinajstić information content (AvgIpc) is 3.13. The predicted octanol–water partition coefficient (Wildman–Crippen LogP) is 3.64. The first-order valence-electron chi connectivity index (χ1n) is 9.24. The molecule has 0 fully saturated rings. The Morgan fingerprint density at radius 3 is 2.77 bits per heavy atom. The second kappa shape index (κ2) is 8.11. The largest absolute Gasteiger partial charge is 0.423 e. The van der Waals surface area contributed by atoms with Gasteiger partial charge in [0.1, 0.15) is 5.58 Å². The average molecular weight is 421 g/mol. The van der Waals surface area contributed by atoms with Gasteiger partial charge < -0.3 is 9.73 Å². The molecule has 0 spiro atoms. The van der Waals surface area contributed by atoms with Crippen LogP contribution < -0.4 is 10.9 Å². The van der Waals surface area contributed by atoms with Gasteiger partial charge in [-0.05, 0) is 53.6 Å². The molecule has 30 heavy (non-hydrogen) atoms. The van der Waals surface area contributed by atoms with Gasteiger partial charge in [-0.2, -0.15) is 4.68 Å². The van der Waals surface area contributed by atoms with E-state index in [-0.39, 0.29) is 5.91 Å². The number of carbonyl (C=O) groups is 1. The molecule has 4 rings (SSSR count). The van der Waals surface area contributed by atoms with Gasteiger partial charge in [0.15, 0.2) is 0 Å². The summed E-state index contributed by atoms with van der Waals surface area (Å²) >= 11 is 1.43. The van der Waals surface area contributed by atoms with Crippen molar-refractivity contribution in [2.75, 3.05) is 5.32 Å².